The number of rotatable bonds is 3. The number of carbonyl (C=O) groups excluding carboxylic acids is 1. The van der Waals surface area contributed by atoms with Crippen LogP contribution in [0.15, 0.2) is 18.2 Å². The Kier molecular flexibility index (Phi) is 3.69. The van der Waals surface area contributed by atoms with Crippen LogP contribution in [0.1, 0.15) is 37.6 Å². The molecule has 0 aliphatic carbocycles. The number of benzene rings is 1. The van der Waals surface area contributed by atoms with Crippen molar-refractivity contribution in [2.45, 2.75) is 27.2 Å². The Morgan fingerprint density at radius 3 is 2.74 bits per heavy atom. The first kappa shape index (κ1) is 13.7. The summed E-state index contributed by atoms with van der Waals surface area (Å²) in [6.07, 6.45) is 1.17. The molecule has 1 amide bonds. The van der Waals surface area contributed by atoms with E-state index in [2.05, 4.69) is 24.1 Å². The summed E-state index contributed by atoms with van der Waals surface area (Å²) in [4.78, 5) is 14.1. The lowest BCUT2D eigenvalue weighted by molar-refractivity contribution is 0.0956. The van der Waals surface area contributed by atoms with E-state index in [0.29, 0.717) is 23.2 Å². The van der Waals surface area contributed by atoms with Gasteiger partial charge >= 0.3 is 0 Å². The molecular weight excluding hydrogens is 238 g/mol. The van der Waals surface area contributed by atoms with E-state index < -0.39 is 0 Å². The number of nitrogens with two attached hydrogens (primary N) is 1. The van der Waals surface area contributed by atoms with Crippen molar-refractivity contribution in [2.75, 3.05) is 30.3 Å². The Morgan fingerprint density at radius 2 is 2.21 bits per heavy atom. The zero-order valence-corrected chi connectivity index (χ0v) is 12.0. The molecule has 4 heteroatoms. The predicted molar refractivity (Wildman–Crippen MR) is 79.5 cm³/mol. The van der Waals surface area contributed by atoms with Crippen molar-refractivity contribution in [1.29, 1.82) is 0 Å². The quantitative estimate of drug-likeness (QED) is 0.821. The zero-order valence-electron chi connectivity index (χ0n) is 12.0. The molecule has 1 heterocycles. The predicted octanol–water partition coefficient (Wildman–Crippen LogP) is 2.25. The first-order valence-corrected chi connectivity index (χ1v) is 6.85. The largest absolute Gasteiger partial charge is 0.397 e. The van der Waals surface area contributed by atoms with Gasteiger partial charge in [-0.2, -0.15) is 0 Å². The highest BCUT2D eigenvalue weighted by atomic mass is 16.1. The molecule has 0 bridgehead atoms. The van der Waals surface area contributed by atoms with Crippen LogP contribution in [-0.2, 0) is 0 Å². The number of nitrogens with one attached hydrogen (secondary N) is 1. The molecule has 0 atom stereocenters. The smallest absolute Gasteiger partial charge is 0.251 e. The molecule has 19 heavy (non-hydrogen) atoms. The Morgan fingerprint density at radius 1 is 1.47 bits per heavy atom. The van der Waals surface area contributed by atoms with Crippen LogP contribution in [0.5, 0.6) is 0 Å². The highest BCUT2D eigenvalue weighted by Crippen LogP contribution is 2.35. The zero-order chi connectivity index (χ0) is 14.0. The minimum Gasteiger partial charge on any atom is -0.397 e. The van der Waals surface area contributed by atoms with E-state index >= 15 is 0 Å². The van der Waals surface area contributed by atoms with Gasteiger partial charge in [0.15, 0.2) is 0 Å². The normalized spacial score (nSPS) is 17.5. The third-order valence-corrected chi connectivity index (χ3v) is 3.65. The maximum absolute atomic E-state index is 11.8. The maximum Gasteiger partial charge on any atom is 0.251 e. The SMILES string of the molecule is CCNC(=O)c1ccc(N2CCC(C)(C)C2)c(N)c1. The standard InChI is InChI=1S/C15H23N3O/c1-4-17-14(19)11-5-6-13(12(16)9-11)18-8-7-15(2,3)10-18/h5-6,9H,4,7-8,10,16H2,1-3H3,(H,17,19). The third kappa shape index (κ3) is 3.00. The van der Waals surface area contributed by atoms with Crippen LogP contribution < -0.4 is 16.0 Å². The number of nitrogens with zero attached hydrogens (tertiary/aromatic N) is 1. The van der Waals surface area contributed by atoms with E-state index in [4.69, 9.17) is 5.73 Å². The van der Waals surface area contributed by atoms with Gasteiger partial charge in [0.1, 0.15) is 0 Å². The Labute approximate surface area is 115 Å². The monoisotopic (exact) mass is 261 g/mol. The van der Waals surface area contributed by atoms with E-state index in [1.54, 1.807) is 6.07 Å². The lowest BCUT2D eigenvalue weighted by atomic mass is 9.93. The van der Waals surface area contributed by atoms with Crippen molar-refractivity contribution < 1.29 is 4.79 Å². The van der Waals surface area contributed by atoms with Gasteiger partial charge in [-0.1, -0.05) is 13.8 Å². The van der Waals surface area contributed by atoms with E-state index in [1.807, 2.05) is 19.1 Å². The molecule has 0 spiro atoms. The summed E-state index contributed by atoms with van der Waals surface area (Å²) in [5, 5.41) is 2.78. The van der Waals surface area contributed by atoms with Crippen molar-refractivity contribution in [1.82, 2.24) is 5.32 Å². The van der Waals surface area contributed by atoms with Gasteiger partial charge in [0.2, 0.25) is 0 Å². The van der Waals surface area contributed by atoms with E-state index in [0.717, 1.165) is 18.8 Å². The fraction of sp³-hybridized carbons (Fsp3) is 0.533. The van der Waals surface area contributed by atoms with Crippen LogP contribution in [0.25, 0.3) is 0 Å². The lowest BCUT2D eigenvalue weighted by Gasteiger charge is -2.23. The van der Waals surface area contributed by atoms with Crippen LogP contribution in [0.2, 0.25) is 0 Å². The third-order valence-electron chi connectivity index (χ3n) is 3.65. The average molecular weight is 261 g/mol. The van der Waals surface area contributed by atoms with Gasteiger partial charge in [-0.25, -0.2) is 0 Å². The van der Waals surface area contributed by atoms with Gasteiger partial charge in [-0.3, -0.25) is 4.79 Å². The molecule has 1 aliphatic rings. The van der Waals surface area contributed by atoms with E-state index in [9.17, 15) is 4.79 Å². The lowest BCUT2D eigenvalue weighted by Crippen LogP contribution is -2.25. The second kappa shape index (κ2) is 5.11. The van der Waals surface area contributed by atoms with Gasteiger partial charge in [0, 0.05) is 25.2 Å². The molecule has 0 aromatic heterocycles. The number of carbonyl (C=O) groups is 1. The Hall–Kier alpha value is -1.71. The summed E-state index contributed by atoms with van der Waals surface area (Å²) in [6.45, 7) is 9.11. The molecular formula is C15H23N3O. The van der Waals surface area contributed by atoms with Crippen molar-refractivity contribution in [3.63, 3.8) is 0 Å². The molecule has 3 N–H and O–H groups in total. The van der Waals surface area contributed by atoms with Crippen molar-refractivity contribution in [2.24, 2.45) is 5.41 Å². The topological polar surface area (TPSA) is 58.4 Å². The van der Waals surface area contributed by atoms with Crippen molar-refractivity contribution in [3.05, 3.63) is 23.8 Å². The van der Waals surface area contributed by atoms with Crippen LogP contribution in [-0.4, -0.2) is 25.5 Å². The van der Waals surface area contributed by atoms with Crippen molar-refractivity contribution in [3.8, 4) is 0 Å². The molecule has 4 nitrogen and oxygen atoms in total. The number of anilines is 2. The van der Waals surface area contributed by atoms with Gasteiger partial charge < -0.3 is 16.0 Å². The highest BCUT2D eigenvalue weighted by Gasteiger charge is 2.30. The molecule has 1 aromatic rings. The number of hydrogen-bond donors (Lipinski definition) is 2. The summed E-state index contributed by atoms with van der Waals surface area (Å²) >= 11 is 0. The molecule has 1 aliphatic heterocycles. The van der Waals surface area contributed by atoms with Crippen LogP contribution in [0.3, 0.4) is 0 Å². The second-order valence-corrected chi connectivity index (χ2v) is 5.97. The van der Waals surface area contributed by atoms with Crippen LogP contribution in [0.4, 0.5) is 11.4 Å². The summed E-state index contributed by atoms with van der Waals surface area (Å²) in [5.41, 5.74) is 8.79. The van der Waals surface area contributed by atoms with Gasteiger partial charge in [-0.15, -0.1) is 0 Å². The molecule has 1 fully saturated rings. The van der Waals surface area contributed by atoms with Gasteiger partial charge in [0.25, 0.3) is 5.91 Å². The summed E-state index contributed by atoms with van der Waals surface area (Å²) < 4.78 is 0. The minimum absolute atomic E-state index is 0.0671. The number of nitrogen functional groups attached to an aromatic ring is 1. The van der Waals surface area contributed by atoms with Gasteiger partial charge in [0.05, 0.1) is 11.4 Å². The molecule has 104 valence electrons. The Bertz CT molecular complexity index is 482. The maximum atomic E-state index is 11.8. The first-order chi connectivity index (χ1) is 8.93. The summed E-state index contributed by atoms with van der Waals surface area (Å²) in [7, 11) is 0. The Balaban J connectivity index is 2.18. The number of amides is 1. The molecule has 1 aromatic carbocycles. The fourth-order valence-electron chi connectivity index (χ4n) is 2.56. The van der Waals surface area contributed by atoms with E-state index in [-0.39, 0.29) is 5.91 Å². The number of hydrogen-bond acceptors (Lipinski definition) is 3. The van der Waals surface area contributed by atoms with Gasteiger partial charge in [-0.05, 0) is 37.0 Å². The minimum atomic E-state index is -0.0671. The highest BCUT2D eigenvalue weighted by molar-refractivity contribution is 5.96. The molecule has 0 unspecified atom stereocenters. The molecule has 0 saturated carbocycles. The van der Waals surface area contributed by atoms with Crippen LogP contribution >= 0.6 is 0 Å². The first-order valence-electron chi connectivity index (χ1n) is 6.85. The van der Waals surface area contributed by atoms with Crippen molar-refractivity contribution >= 4 is 17.3 Å². The van der Waals surface area contributed by atoms with Crippen LogP contribution in [0, 0.1) is 5.41 Å². The molecule has 1 saturated heterocycles. The van der Waals surface area contributed by atoms with E-state index in [1.165, 1.54) is 6.42 Å². The summed E-state index contributed by atoms with van der Waals surface area (Å²) in [5.74, 6) is -0.0671. The fourth-order valence-corrected chi connectivity index (χ4v) is 2.56. The average Bonchev–Trinajstić information content (AvgIpc) is 2.69. The summed E-state index contributed by atoms with van der Waals surface area (Å²) in [6, 6.07) is 5.58. The second-order valence-electron chi connectivity index (χ2n) is 5.97. The molecule has 0 radical (unpaired) electrons. The molecule has 2 rings (SSSR count).